The van der Waals surface area contributed by atoms with Gasteiger partial charge in [0.1, 0.15) is 18.9 Å². The molecule has 0 unspecified atom stereocenters. The third kappa shape index (κ3) is 4.82. The van der Waals surface area contributed by atoms with Crippen molar-refractivity contribution in [2.45, 2.75) is 4.90 Å². The number of anilines is 1. The standard InChI is InChI=1S/C17H16N2O7S/c1-2-9-26-15-7-3-5-13(10-15)18(12-17(20)21)27(24,25)16-8-4-6-14(11-16)19(22)23/h2-8,10-11H,1,9,12H2,(H,20,21). The van der Waals surface area contributed by atoms with Crippen molar-refractivity contribution in [2.75, 3.05) is 17.5 Å². The van der Waals surface area contributed by atoms with Gasteiger partial charge in [-0.1, -0.05) is 24.8 Å². The summed E-state index contributed by atoms with van der Waals surface area (Å²) in [4.78, 5) is 21.0. The van der Waals surface area contributed by atoms with E-state index in [4.69, 9.17) is 9.84 Å². The Morgan fingerprint density at radius 2 is 1.96 bits per heavy atom. The van der Waals surface area contributed by atoms with Crippen molar-refractivity contribution in [3.05, 3.63) is 71.3 Å². The van der Waals surface area contributed by atoms with Crippen LogP contribution in [0.2, 0.25) is 0 Å². The normalized spacial score (nSPS) is 10.8. The van der Waals surface area contributed by atoms with E-state index >= 15 is 0 Å². The molecular formula is C17H16N2O7S. The zero-order chi connectivity index (χ0) is 20.0. The van der Waals surface area contributed by atoms with Crippen LogP contribution in [-0.4, -0.2) is 37.6 Å². The number of aliphatic carboxylic acids is 1. The lowest BCUT2D eigenvalue weighted by molar-refractivity contribution is -0.385. The molecule has 0 heterocycles. The Bertz CT molecular complexity index is 973. The van der Waals surface area contributed by atoms with Crippen LogP contribution in [-0.2, 0) is 14.8 Å². The van der Waals surface area contributed by atoms with Gasteiger partial charge in [0.15, 0.2) is 0 Å². The van der Waals surface area contributed by atoms with E-state index in [2.05, 4.69) is 6.58 Å². The van der Waals surface area contributed by atoms with E-state index in [0.717, 1.165) is 18.2 Å². The van der Waals surface area contributed by atoms with E-state index < -0.39 is 38.0 Å². The Hall–Kier alpha value is -3.40. The molecule has 10 heteroatoms. The molecule has 0 aliphatic heterocycles. The Morgan fingerprint density at radius 3 is 2.59 bits per heavy atom. The quantitative estimate of drug-likeness (QED) is 0.394. The lowest BCUT2D eigenvalue weighted by Gasteiger charge is -2.23. The Labute approximate surface area is 155 Å². The predicted molar refractivity (Wildman–Crippen MR) is 97.4 cm³/mol. The smallest absolute Gasteiger partial charge is 0.324 e. The summed E-state index contributed by atoms with van der Waals surface area (Å²) in [6.45, 7) is 2.83. The SMILES string of the molecule is C=CCOc1cccc(N(CC(=O)O)S(=O)(=O)c2cccc([N+](=O)[O-])c2)c1. The molecule has 2 aromatic carbocycles. The molecule has 0 aromatic heterocycles. The summed E-state index contributed by atoms with van der Waals surface area (Å²) in [6, 6.07) is 10.2. The molecule has 9 nitrogen and oxygen atoms in total. The highest BCUT2D eigenvalue weighted by Gasteiger charge is 2.28. The molecule has 27 heavy (non-hydrogen) atoms. The van der Waals surface area contributed by atoms with Crippen molar-refractivity contribution in [1.82, 2.24) is 0 Å². The Kier molecular flexibility index (Phi) is 6.14. The van der Waals surface area contributed by atoms with Crippen LogP contribution in [0.15, 0.2) is 66.1 Å². The molecule has 2 aromatic rings. The molecular weight excluding hydrogens is 376 g/mol. The lowest BCUT2D eigenvalue weighted by Crippen LogP contribution is -2.35. The second kappa shape index (κ2) is 8.32. The number of nitrogens with zero attached hydrogens (tertiary/aromatic N) is 2. The average molecular weight is 392 g/mol. The van der Waals surface area contributed by atoms with Crippen LogP contribution < -0.4 is 9.04 Å². The zero-order valence-electron chi connectivity index (χ0n) is 14.0. The number of rotatable bonds is 9. The molecule has 1 N–H and O–H groups in total. The first-order valence-corrected chi connectivity index (χ1v) is 9.02. The van der Waals surface area contributed by atoms with Gasteiger partial charge >= 0.3 is 5.97 Å². The number of hydrogen-bond donors (Lipinski definition) is 1. The maximum absolute atomic E-state index is 13.0. The Morgan fingerprint density at radius 1 is 1.26 bits per heavy atom. The third-order valence-corrected chi connectivity index (χ3v) is 5.14. The molecule has 0 fully saturated rings. The fraction of sp³-hybridized carbons (Fsp3) is 0.118. The summed E-state index contributed by atoms with van der Waals surface area (Å²) < 4.78 is 31.9. The predicted octanol–water partition coefficient (Wildman–Crippen LogP) is 2.44. The summed E-state index contributed by atoms with van der Waals surface area (Å²) >= 11 is 0. The summed E-state index contributed by atoms with van der Waals surface area (Å²) in [5.74, 6) is -1.07. The highest BCUT2D eigenvalue weighted by Crippen LogP contribution is 2.28. The van der Waals surface area contributed by atoms with Crippen molar-refractivity contribution in [3.8, 4) is 5.75 Å². The van der Waals surface area contributed by atoms with Gasteiger partial charge in [0.2, 0.25) is 0 Å². The molecule has 2 rings (SSSR count). The van der Waals surface area contributed by atoms with Crippen molar-refractivity contribution < 1.29 is 28.0 Å². The minimum absolute atomic E-state index is 0.0467. The summed E-state index contributed by atoms with van der Waals surface area (Å²) in [5, 5.41) is 20.1. The van der Waals surface area contributed by atoms with Crippen molar-refractivity contribution in [2.24, 2.45) is 0 Å². The largest absolute Gasteiger partial charge is 0.489 e. The second-order valence-corrected chi connectivity index (χ2v) is 7.12. The number of carboxylic acids is 1. The maximum Gasteiger partial charge on any atom is 0.324 e. The van der Waals surface area contributed by atoms with E-state index in [1.807, 2.05) is 0 Å². The number of nitro groups is 1. The fourth-order valence-corrected chi connectivity index (χ4v) is 3.65. The van der Waals surface area contributed by atoms with E-state index in [9.17, 15) is 23.3 Å². The van der Waals surface area contributed by atoms with Crippen molar-refractivity contribution >= 4 is 27.4 Å². The van der Waals surface area contributed by atoms with E-state index in [1.165, 1.54) is 30.3 Å². The van der Waals surface area contributed by atoms with Gasteiger partial charge in [0.25, 0.3) is 15.7 Å². The molecule has 0 saturated carbocycles. The van der Waals surface area contributed by atoms with Crippen LogP contribution in [0.4, 0.5) is 11.4 Å². The first-order valence-electron chi connectivity index (χ1n) is 7.58. The molecule has 0 bridgehead atoms. The van der Waals surface area contributed by atoms with E-state index in [-0.39, 0.29) is 12.3 Å². The number of benzene rings is 2. The molecule has 0 spiro atoms. The van der Waals surface area contributed by atoms with Gasteiger partial charge in [-0.25, -0.2) is 8.42 Å². The summed E-state index contributed by atoms with van der Waals surface area (Å²) in [6.07, 6.45) is 1.50. The molecule has 0 saturated heterocycles. The number of hydrogen-bond acceptors (Lipinski definition) is 6. The molecule has 0 aliphatic carbocycles. The lowest BCUT2D eigenvalue weighted by atomic mass is 10.3. The van der Waals surface area contributed by atoms with Crippen LogP contribution in [0, 0.1) is 10.1 Å². The van der Waals surface area contributed by atoms with Gasteiger partial charge in [-0.05, 0) is 18.2 Å². The second-order valence-electron chi connectivity index (χ2n) is 5.26. The van der Waals surface area contributed by atoms with Gasteiger partial charge in [0.05, 0.1) is 15.5 Å². The molecule has 0 amide bonds. The van der Waals surface area contributed by atoms with E-state index in [1.54, 1.807) is 6.07 Å². The van der Waals surface area contributed by atoms with Gasteiger partial charge in [-0.3, -0.25) is 19.2 Å². The molecule has 0 atom stereocenters. The van der Waals surface area contributed by atoms with Gasteiger partial charge in [-0.2, -0.15) is 0 Å². The monoisotopic (exact) mass is 392 g/mol. The van der Waals surface area contributed by atoms with Gasteiger partial charge < -0.3 is 9.84 Å². The number of carbonyl (C=O) groups is 1. The average Bonchev–Trinajstić information content (AvgIpc) is 2.64. The number of nitro benzene ring substituents is 1. The van der Waals surface area contributed by atoms with E-state index in [0.29, 0.717) is 10.1 Å². The maximum atomic E-state index is 13.0. The fourth-order valence-electron chi connectivity index (χ4n) is 2.21. The van der Waals surface area contributed by atoms with Gasteiger partial charge in [-0.15, -0.1) is 0 Å². The summed E-state index contributed by atoms with van der Waals surface area (Å²) in [7, 11) is -4.37. The number of ether oxygens (including phenoxy) is 1. The molecule has 142 valence electrons. The minimum Gasteiger partial charge on any atom is -0.489 e. The molecule has 0 aliphatic rings. The molecule has 0 radical (unpaired) electrons. The van der Waals surface area contributed by atoms with Crippen LogP contribution in [0.5, 0.6) is 5.75 Å². The first kappa shape index (κ1) is 19.9. The van der Waals surface area contributed by atoms with Crippen molar-refractivity contribution in [1.29, 1.82) is 0 Å². The number of carboxylic acid groups (broad SMARTS) is 1. The third-order valence-electron chi connectivity index (χ3n) is 3.37. The summed E-state index contributed by atoms with van der Waals surface area (Å²) in [5.41, 5.74) is -0.375. The highest BCUT2D eigenvalue weighted by atomic mass is 32.2. The van der Waals surface area contributed by atoms with Crippen LogP contribution in [0.1, 0.15) is 0 Å². The zero-order valence-corrected chi connectivity index (χ0v) is 14.8. The van der Waals surface area contributed by atoms with Crippen LogP contribution >= 0.6 is 0 Å². The number of sulfonamides is 1. The van der Waals surface area contributed by atoms with Crippen LogP contribution in [0.3, 0.4) is 0 Å². The number of non-ortho nitro benzene ring substituents is 1. The Balaban J connectivity index is 2.52. The van der Waals surface area contributed by atoms with Crippen LogP contribution in [0.25, 0.3) is 0 Å². The minimum atomic E-state index is -4.37. The first-order chi connectivity index (χ1) is 12.8. The highest BCUT2D eigenvalue weighted by molar-refractivity contribution is 7.92. The van der Waals surface area contributed by atoms with Gasteiger partial charge in [0, 0.05) is 18.2 Å². The van der Waals surface area contributed by atoms with Crippen molar-refractivity contribution in [3.63, 3.8) is 0 Å². The topological polar surface area (TPSA) is 127 Å².